The number of nitrogens with zero attached hydrogens (tertiary/aromatic N) is 2. The highest BCUT2D eigenvalue weighted by Gasteiger charge is 2.31. The van der Waals surface area contributed by atoms with Crippen molar-refractivity contribution >= 4 is 65.7 Å². The quantitative estimate of drug-likeness (QED) is 0.196. The van der Waals surface area contributed by atoms with Gasteiger partial charge < -0.3 is 9.47 Å². The average Bonchev–Trinajstić information content (AvgIpc) is 3.62. The Morgan fingerprint density at radius 2 is 1.38 bits per heavy atom. The summed E-state index contributed by atoms with van der Waals surface area (Å²) in [4.78, 5) is 3.73. The molecule has 0 spiro atoms. The van der Waals surface area contributed by atoms with Gasteiger partial charge in [-0.1, -0.05) is 97.6 Å². The predicted octanol–water partition coefficient (Wildman–Crippen LogP) is 11.4. The minimum absolute atomic E-state index is 0.226. The first-order chi connectivity index (χ1) is 22.2. The summed E-state index contributed by atoms with van der Waals surface area (Å²) in [6.45, 7) is 4.75. The van der Waals surface area contributed by atoms with Gasteiger partial charge in [-0.25, -0.2) is 0 Å². The minimum Gasteiger partial charge on any atom is -0.334 e. The fourth-order valence-electron chi connectivity index (χ4n) is 7.04. The highest BCUT2D eigenvalue weighted by Crippen LogP contribution is 2.45. The van der Waals surface area contributed by atoms with Crippen LogP contribution in [0.4, 0.5) is 5.69 Å². The van der Waals surface area contributed by atoms with Crippen molar-refractivity contribution in [3.05, 3.63) is 158 Å². The number of thioether (sulfide) groups is 1. The average molecular weight is 615 g/mol. The van der Waals surface area contributed by atoms with Crippen LogP contribution in [0.3, 0.4) is 0 Å². The number of fused-ring (bicyclic) bond motifs is 7. The van der Waals surface area contributed by atoms with E-state index in [4.69, 9.17) is 6.58 Å². The second kappa shape index (κ2) is 10.7. The molecular formula is C41H30N2S2. The maximum Gasteiger partial charge on any atom is 0.0727 e. The highest BCUT2D eigenvalue weighted by molar-refractivity contribution is 7.99. The van der Waals surface area contributed by atoms with E-state index in [0.29, 0.717) is 5.92 Å². The van der Waals surface area contributed by atoms with Gasteiger partial charge in [0, 0.05) is 54.7 Å². The zero-order valence-electron chi connectivity index (χ0n) is 24.6. The summed E-state index contributed by atoms with van der Waals surface area (Å²) in [5, 5.41) is 2.60. The normalized spacial score (nSPS) is 17.9. The van der Waals surface area contributed by atoms with Crippen molar-refractivity contribution < 1.29 is 0 Å². The number of aromatic nitrogens is 1. The summed E-state index contributed by atoms with van der Waals surface area (Å²) in [7, 11) is 0. The van der Waals surface area contributed by atoms with Crippen molar-refractivity contribution in [2.24, 2.45) is 5.92 Å². The van der Waals surface area contributed by atoms with Crippen LogP contribution in [0.25, 0.3) is 53.7 Å². The Kier molecular flexibility index (Phi) is 6.32. The summed E-state index contributed by atoms with van der Waals surface area (Å²) in [5.74, 6) is 1.43. The van der Waals surface area contributed by atoms with Gasteiger partial charge in [-0.2, -0.15) is 0 Å². The number of hydrogen-bond donors (Lipinski definition) is 0. The molecule has 2 aromatic heterocycles. The molecule has 2 atom stereocenters. The lowest BCUT2D eigenvalue weighted by Crippen LogP contribution is -2.40. The van der Waals surface area contributed by atoms with Crippen molar-refractivity contribution in [3.8, 4) is 16.8 Å². The minimum atomic E-state index is 0.226. The molecule has 0 saturated carbocycles. The SMILES string of the molecule is C=C1c2cc(-c3ccc4sc5c6ccccc6n(-c6ccccc6)c5c4c3)ccc2SCC2C=CC=CC2N1c1ccccc1. The van der Waals surface area contributed by atoms with Crippen molar-refractivity contribution in [2.75, 3.05) is 10.7 Å². The Morgan fingerprint density at radius 1 is 0.667 bits per heavy atom. The van der Waals surface area contributed by atoms with E-state index >= 15 is 0 Å². The smallest absolute Gasteiger partial charge is 0.0727 e. The molecule has 0 amide bonds. The summed E-state index contributed by atoms with van der Waals surface area (Å²) in [6, 6.07) is 44.4. The topological polar surface area (TPSA) is 8.17 Å². The van der Waals surface area contributed by atoms with E-state index in [1.54, 1.807) is 0 Å². The molecule has 0 saturated heterocycles. The van der Waals surface area contributed by atoms with Crippen LogP contribution in [0.15, 0.2) is 157 Å². The van der Waals surface area contributed by atoms with Gasteiger partial charge in [-0.05, 0) is 65.7 Å². The molecule has 2 unspecified atom stereocenters. The van der Waals surface area contributed by atoms with Crippen LogP contribution in [0.5, 0.6) is 0 Å². The van der Waals surface area contributed by atoms with Crippen LogP contribution in [0, 0.1) is 5.92 Å². The number of anilines is 1. The summed E-state index contributed by atoms with van der Waals surface area (Å²) in [5.41, 5.74) is 9.58. The van der Waals surface area contributed by atoms with E-state index in [1.807, 2.05) is 23.1 Å². The van der Waals surface area contributed by atoms with E-state index in [-0.39, 0.29) is 6.04 Å². The summed E-state index contributed by atoms with van der Waals surface area (Å²) in [6.07, 6.45) is 9.05. The largest absolute Gasteiger partial charge is 0.334 e. The molecule has 0 radical (unpaired) electrons. The van der Waals surface area contributed by atoms with Crippen LogP contribution in [0.2, 0.25) is 0 Å². The van der Waals surface area contributed by atoms with Gasteiger partial charge >= 0.3 is 0 Å². The first-order valence-electron chi connectivity index (χ1n) is 15.4. The Morgan fingerprint density at radius 3 is 2.22 bits per heavy atom. The standard InChI is InChI=1S/C41H30N2S2/c1-27-34-24-28(20-22-38(34)44-26-30-12-8-10-18-36(30)42(27)31-13-4-2-5-14-31)29-21-23-39-35(25-29)40-41(45-39)33-17-9-11-19-37(33)43(40)32-15-6-3-7-16-32/h2-25,30,36H,1,26H2. The van der Waals surface area contributed by atoms with E-state index in [0.717, 1.165) is 11.4 Å². The molecule has 2 aliphatic rings. The zero-order chi connectivity index (χ0) is 29.9. The molecule has 2 nitrogen and oxygen atoms in total. The Hall–Kier alpha value is -4.77. The number of allylic oxidation sites excluding steroid dienone is 2. The Balaban J connectivity index is 1.21. The molecule has 0 bridgehead atoms. The third kappa shape index (κ3) is 4.32. The van der Waals surface area contributed by atoms with Crippen molar-refractivity contribution in [1.29, 1.82) is 0 Å². The summed E-state index contributed by atoms with van der Waals surface area (Å²) < 4.78 is 5.09. The second-order valence-corrected chi connectivity index (χ2v) is 13.9. The monoisotopic (exact) mass is 614 g/mol. The molecule has 7 aromatic rings. The molecule has 216 valence electrons. The van der Waals surface area contributed by atoms with Gasteiger partial charge in [-0.3, -0.25) is 0 Å². The molecular weight excluding hydrogens is 585 g/mol. The number of benzene rings is 5. The van der Waals surface area contributed by atoms with E-state index in [2.05, 4.69) is 155 Å². The first kappa shape index (κ1) is 26.6. The second-order valence-electron chi connectivity index (χ2n) is 11.8. The van der Waals surface area contributed by atoms with Crippen LogP contribution in [-0.2, 0) is 0 Å². The lowest BCUT2D eigenvalue weighted by Gasteiger charge is -2.40. The number of rotatable bonds is 3. The van der Waals surface area contributed by atoms with Crippen molar-refractivity contribution in [3.63, 3.8) is 0 Å². The molecule has 0 N–H and O–H groups in total. The molecule has 0 fully saturated rings. The predicted molar refractivity (Wildman–Crippen MR) is 196 cm³/mol. The number of thiophene rings is 1. The van der Waals surface area contributed by atoms with Gasteiger partial charge in [0.05, 0.1) is 21.8 Å². The van der Waals surface area contributed by atoms with Gasteiger partial charge in [-0.15, -0.1) is 23.1 Å². The van der Waals surface area contributed by atoms with Gasteiger partial charge in [0.25, 0.3) is 0 Å². The first-order valence-corrected chi connectivity index (χ1v) is 17.2. The number of para-hydroxylation sites is 3. The molecule has 9 rings (SSSR count). The fourth-order valence-corrected chi connectivity index (χ4v) is 9.42. The van der Waals surface area contributed by atoms with E-state index < -0.39 is 0 Å². The van der Waals surface area contributed by atoms with E-state index in [9.17, 15) is 0 Å². The maximum atomic E-state index is 4.75. The molecule has 3 heterocycles. The Bertz CT molecular complexity index is 2310. The van der Waals surface area contributed by atoms with Crippen LogP contribution >= 0.6 is 23.1 Å². The fraction of sp³-hybridized carbons (Fsp3) is 0.0732. The zero-order valence-corrected chi connectivity index (χ0v) is 26.3. The molecule has 45 heavy (non-hydrogen) atoms. The lowest BCUT2D eigenvalue weighted by atomic mass is 9.92. The van der Waals surface area contributed by atoms with Crippen molar-refractivity contribution in [2.45, 2.75) is 10.9 Å². The molecule has 1 aliphatic carbocycles. The van der Waals surface area contributed by atoms with Crippen molar-refractivity contribution in [1.82, 2.24) is 4.57 Å². The molecule has 4 heteroatoms. The molecule has 1 aliphatic heterocycles. The third-order valence-corrected chi connectivity index (χ3v) is 11.6. The van der Waals surface area contributed by atoms with Crippen LogP contribution in [0.1, 0.15) is 5.56 Å². The Labute approximate surface area is 271 Å². The van der Waals surface area contributed by atoms with Crippen LogP contribution in [-0.4, -0.2) is 16.4 Å². The van der Waals surface area contributed by atoms with Gasteiger partial charge in [0.1, 0.15) is 0 Å². The van der Waals surface area contributed by atoms with Crippen LogP contribution < -0.4 is 4.90 Å². The van der Waals surface area contributed by atoms with Gasteiger partial charge in [0.2, 0.25) is 0 Å². The lowest BCUT2D eigenvalue weighted by molar-refractivity contribution is 0.618. The maximum absolute atomic E-state index is 4.75. The molecule has 5 aromatic carbocycles. The van der Waals surface area contributed by atoms with Gasteiger partial charge in [0.15, 0.2) is 0 Å². The summed E-state index contributed by atoms with van der Waals surface area (Å²) >= 11 is 3.84. The number of hydrogen-bond acceptors (Lipinski definition) is 3. The highest BCUT2D eigenvalue weighted by atomic mass is 32.2. The third-order valence-electron chi connectivity index (χ3n) is 9.18. The van der Waals surface area contributed by atoms with E-state index in [1.165, 1.54) is 64.2 Å².